The molecule has 144 valence electrons. The van der Waals surface area contributed by atoms with Crippen LogP contribution in [-0.2, 0) is 54.0 Å². The first-order chi connectivity index (χ1) is 9.24. The Morgan fingerprint density at radius 2 is 1.04 bits per heavy atom. The number of methoxy groups -OCH3 is 2. The molecule has 0 rings (SSSR count). The Morgan fingerprint density at radius 1 is 0.870 bits per heavy atom. The molecule has 23 heavy (non-hydrogen) atoms. The van der Waals surface area contributed by atoms with Crippen molar-refractivity contribution in [1.82, 2.24) is 0 Å². The minimum absolute atomic E-state index is 0. The SMILES string of the molecule is O=S(=O)([O-])[O-].[C-]#[N+]CC(C)(C)OC.[C-]#[N+]CC(C)(C)OC.[Cu+].[Cu+]. The van der Waals surface area contributed by atoms with Crippen LogP contribution < -0.4 is 0 Å². The molecule has 11 heteroatoms. The van der Waals surface area contributed by atoms with Crippen LogP contribution in [0.4, 0.5) is 0 Å². The van der Waals surface area contributed by atoms with Crippen LogP contribution in [0, 0.1) is 13.1 Å². The van der Waals surface area contributed by atoms with Gasteiger partial charge in [0.2, 0.25) is 13.1 Å². The van der Waals surface area contributed by atoms with Crippen molar-refractivity contribution in [2.75, 3.05) is 27.3 Å². The van der Waals surface area contributed by atoms with E-state index in [1.165, 1.54) is 0 Å². The Morgan fingerprint density at radius 3 is 1.09 bits per heavy atom. The third-order valence-electron chi connectivity index (χ3n) is 2.02. The van der Waals surface area contributed by atoms with Gasteiger partial charge < -0.3 is 28.3 Å². The number of rotatable bonds is 4. The van der Waals surface area contributed by atoms with Gasteiger partial charge in [0.05, 0.1) is 0 Å². The van der Waals surface area contributed by atoms with E-state index in [4.69, 9.17) is 40.1 Å². The molecule has 0 saturated heterocycles. The minimum Gasteiger partial charge on any atom is -0.759 e. The largest absolute Gasteiger partial charge is 1.00 e. The summed E-state index contributed by atoms with van der Waals surface area (Å²) < 4.78 is 44.0. The summed E-state index contributed by atoms with van der Waals surface area (Å²) in [5.74, 6) is 0. The van der Waals surface area contributed by atoms with E-state index in [9.17, 15) is 0 Å². The average Bonchev–Trinajstić information content (AvgIpc) is 2.28. The molecule has 0 radical (unpaired) electrons. The molecular weight excluding hydrogens is 427 g/mol. The van der Waals surface area contributed by atoms with Crippen LogP contribution >= 0.6 is 0 Å². The Labute approximate surface area is 160 Å². The molecule has 0 aromatic heterocycles. The zero-order valence-electron chi connectivity index (χ0n) is 13.8. The fraction of sp³-hybridized carbons (Fsp3) is 0.833. The minimum atomic E-state index is -5.17. The van der Waals surface area contributed by atoms with Gasteiger partial charge in [0.15, 0.2) is 0 Å². The third kappa shape index (κ3) is 44.9. The quantitative estimate of drug-likeness (QED) is 0.277. The van der Waals surface area contributed by atoms with E-state index in [1.54, 1.807) is 14.2 Å². The smallest absolute Gasteiger partial charge is 0.759 e. The molecule has 0 bridgehead atoms. The van der Waals surface area contributed by atoms with Gasteiger partial charge in [-0.1, -0.05) is 0 Å². The Balaban J connectivity index is -0.0000000693. The third-order valence-corrected chi connectivity index (χ3v) is 2.02. The number of hydrogen-bond donors (Lipinski definition) is 0. The first kappa shape index (κ1) is 34.2. The molecule has 0 spiro atoms. The van der Waals surface area contributed by atoms with Gasteiger partial charge in [0.1, 0.15) is 11.2 Å². The zero-order chi connectivity index (χ0) is 17.7. The standard InChI is InChI=1S/2C6H11NO.2Cu.H2O4S/c2*1-6(2,8-4)5-7-3;;;1-5(2,3)4/h2*5H2,1-2,4H3;;;(H2,1,2,3,4)/q;;2*+1;/p-2. The first-order valence-electron chi connectivity index (χ1n) is 5.68. The molecule has 0 amide bonds. The molecular formula is C12H22Cu2N2O6S. The summed E-state index contributed by atoms with van der Waals surface area (Å²) in [5.41, 5.74) is -0.524. The van der Waals surface area contributed by atoms with Gasteiger partial charge in [-0.15, -0.1) is 0 Å². The van der Waals surface area contributed by atoms with E-state index in [1.807, 2.05) is 27.7 Å². The molecule has 0 aromatic rings. The zero-order valence-corrected chi connectivity index (χ0v) is 16.5. The summed E-state index contributed by atoms with van der Waals surface area (Å²) in [5, 5.41) is 0. The molecule has 0 aliphatic carbocycles. The first-order valence-corrected chi connectivity index (χ1v) is 7.01. The van der Waals surface area contributed by atoms with Gasteiger partial charge in [-0.3, -0.25) is 8.42 Å². The summed E-state index contributed by atoms with van der Waals surface area (Å²) in [6.07, 6.45) is 0. The van der Waals surface area contributed by atoms with Gasteiger partial charge in [-0.25, -0.2) is 13.1 Å². The van der Waals surface area contributed by atoms with Gasteiger partial charge >= 0.3 is 34.1 Å². The van der Waals surface area contributed by atoms with Crippen molar-refractivity contribution in [3.05, 3.63) is 22.8 Å². The molecule has 0 aliphatic rings. The van der Waals surface area contributed by atoms with E-state index in [0.717, 1.165) is 0 Å². The normalized spacial score (nSPS) is 10.0. The number of ether oxygens (including phenoxy) is 2. The van der Waals surface area contributed by atoms with Crippen molar-refractivity contribution in [1.29, 1.82) is 0 Å². The van der Waals surface area contributed by atoms with E-state index in [0.29, 0.717) is 13.1 Å². The maximum Gasteiger partial charge on any atom is 1.00 e. The van der Waals surface area contributed by atoms with E-state index < -0.39 is 10.4 Å². The molecule has 0 heterocycles. The van der Waals surface area contributed by atoms with Gasteiger partial charge in [0.25, 0.3) is 0 Å². The summed E-state index contributed by atoms with van der Waals surface area (Å²) in [4.78, 5) is 6.41. The molecule has 0 atom stereocenters. The van der Waals surface area contributed by atoms with Crippen LogP contribution in [0.3, 0.4) is 0 Å². The van der Waals surface area contributed by atoms with E-state index in [2.05, 4.69) is 9.69 Å². The summed E-state index contributed by atoms with van der Waals surface area (Å²) in [6, 6.07) is 0. The summed E-state index contributed by atoms with van der Waals surface area (Å²) in [7, 11) is -1.93. The van der Waals surface area contributed by atoms with Crippen LogP contribution in [0.15, 0.2) is 0 Å². The Kier molecular flexibility index (Phi) is 24.8. The topological polar surface area (TPSA) is 107 Å². The molecule has 0 N–H and O–H groups in total. The summed E-state index contributed by atoms with van der Waals surface area (Å²) in [6.45, 7) is 21.5. The van der Waals surface area contributed by atoms with Gasteiger partial charge in [-0.05, 0) is 27.7 Å². The maximum absolute atomic E-state index is 8.52. The summed E-state index contributed by atoms with van der Waals surface area (Å²) >= 11 is 0. The molecule has 0 aromatic carbocycles. The molecule has 0 saturated carbocycles. The van der Waals surface area contributed by atoms with Crippen LogP contribution in [0.25, 0.3) is 9.69 Å². The number of nitrogens with zero attached hydrogens (tertiary/aromatic N) is 2. The average molecular weight is 449 g/mol. The van der Waals surface area contributed by atoms with Gasteiger partial charge in [-0.2, -0.15) is 0 Å². The van der Waals surface area contributed by atoms with Crippen molar-refractivity contribution < 1.29 is 61.1 Å². The predicted octanol–water partition coefficient (Wildman–Crippen LogP) is 1.32. The monoisotopic (exact) mass is 448 g/mol. The van der Waals surface area contributed by atoms with Crippen LogP contribution in [0.1, 0.15) is 27.7 Å². The fourth-order valence-electron chi connectivity index (χ4n) is 0.510. The Bertz CT molecular complexity index is 419. The Hall–Kier alpha value is -0.191. The predicted molar refractivity (Wildman–Crippen MR) is 75.6 cm³/mol. The second-order valence-corrected chi connectivity index (χ2v) is 5.78. The molecule has 0 unspecified atom stereocenters. The maximum atomic E-state index is 8.52. The van der Waals surface area contributed by atoms with E-state index in [-0.39, 0.29) is 45.3 Å². The van der Waals surface area contributed by atoms with Crippen molar-refractivity contribution >= 4 is 10.4 Å². The van der Waals surface area contributed by atoms with Gasteiger partial charge in [0, 0.05) is 24.6 Å². The van der Waals surface area contributed by atoms with Crippen LogP contribution in [-0.4, -0.2) is 56.0 Å². The van der Waals surface area contributed by atoms with Crippen molar-refractivity contribution in [3.63, 3.8) is 0 Å². The molecule has 0 fully saturated rings. The second-order valence-electron chi connectivity index (χ2n) is 4.97. The second kappa shape index (κ2) is 16.7. The van der Waals surface area contributed by atoms with Crippen molar-refractivity contribution in [2.24, 2.45) is 0 Å². The van der Waals surface area contributed by atoms with Crippen LogP contribution in [0.2, 0.25) is 0 Å². The fourth-order valence-corrected chi connectivity index (χ4v) is 0.510. The van der Waals surface area contributed by atoms with Crippen LogP contribution in [0.5, 0.6) is 0 Å². The van der Waals surface area contributed by atoms with E-state index >= 15 is 0 Å². The molecule has 8 nitrogen and oxygen atoms in total. The number of hydrogen-bond acceptors (Lipinski definition) is 6. The van der Waals surface area contributed by atoms with Crippen molar-refractivity contribution in [3.8, 4) is 0 Å². The molecule has 0 aliphatic heterocycles. The van der Waals surface area contributed by atoms with Crippen molar-refractivity contribution in [2.45, 2.75) is 38.9 Å².